The number of esters is 1. The van der Waals surface area contributed by atoms with Gasteiger partial charge in [-0.2, -0.15) is 0 Å². The Morgan fingerprint density at radius 3 is 2.71 bits per heavy atom. The summed E-state index contributed by atoms with van der Waals surface area (Å²) < 4.78 is 10.0. The molecular formula is C15H17NO5. The smallest absolute Gasteiger partial charge is 0.306 e. The zero-order chi connectivity index (χ0) is 15.4. The van der Waals surface area contributed by atoms with Crippen molar-refractivity contribution in [1.29, 1.82) is 0 Å². The Morgan fingerprint density at radius 1 is 1.29 bits per heavy atom. The number of carbonyl (C=O) groups excluding carboxylic acids is 3. The predicted octanol–water partition coefficient (Wildman–Crippen LogP) is 1.57. The van der Waals surface area contributed by atoms with Crippen molar-refractivity contribution in [3.63, 3.8) is 0 Å². The molecule has 0 atom stereocenters. The Hall–Kier alpha value is -2.37. The van der Waals surface area contributed by atoms with Gasteiger partial charge in [-0.3, -0.25) is 14.4 Å². The average molecular weight is 291 g/mol. The number of hydrogen-bond acceptors (Lipinski definition) is 5. The number of rotatable bonds is 4. The first-order chi connectivity index (χ1) is 10.0. The Balaban J connectivity index is 2.20. The Kier molecular flexibility index (Phi) is 4.57. The molecule has 0 saturated carbocycles. The van der Waals surface area contributed by atoms with E-state index in [-0.39, 0.29) is 24.5 Å². The summed E-state index contributed by atoms with van der Waals surface area (Å²) in [5, 5.41) is 0. The van der Waals surface area contributed by atoms with Crippen molar-refractivity contribution >= 4 is 23.3 Å². The van der Waals surface area contributed by atoms with E-state index in [0.717, 1.165) is 0 Å². The lowest BCUT2D eigenvalue weighted by atomic mass is 10.1. The first-order valence-electron chi connectivity index (χ1n) is 6.68. The topological polar surface area (TPSA) is 72.9 Å². The molecule has 0 N–H and O–H groups in total. The molecule has 0 fully saturated rings. The monoisotopic (exact) mass is 291 g/mol. The molecule has 0 aromatic heterocycles. The van der Waals surface area contributed by atoms with Crippen molar-refractivity contribution in [2.45, 2.75) is 19.8 Å². The number of hydrogen-bond donors (Lipinski definition) is 0. The van der Waals surface area contributed by atoms with Gasteiger partial charge < -0.3 is 14.4 Å². The molecule has 6 nitrogen and oxygen atoms in total. The fourth-order valence-electron chi connectivity index (χ4n) is 2.14. The minimum absolute atomic E-state index is 0.0361. The highest BCUT2D eigenvalue weighted by Gasteiger charge is 2.24. The number of carbonyl (C=O) groups is 3. The van der Waals surface area contributed by atoms with E-state index in [1.807, 2.05) is 0 Å². The summed E-state index contributed by atoms with van der Waals surface area (Å²) in [6.45, 7) is 2.25. The van der Waals surface area contributed by atoms with Crippen molar-refractivity contribution in [1.82, 2.24) is 0 Å². The van der Waals surface area contributed by atoms with E-state index < -0.39 is 5.97 Å². The second-order valence-electron chi connectivity index (χ2n) is 4.71. The molecule has 1 aromatic rings. The third kappa shape index (κ3) is 3.39. The van der Waals surface area contributed by atoms with Gasteiger partial charge in [0.1, 0.15) is 12.4 Å². The molecular weight excluding hydrogens is 274 g/mol. The van der Waals surface area contributed by atoms with E-state index in [1.165, 1.54) is 14.0 Å². The lowest BCUT2D eigenvalue weighted by Gasteiger charge is -2.29. The van der Waals surface area contributed by atoms with E-state index in [2.05, 4.69) is 4.74 Å². The second-order valence-corrected chi connectivity index (χ2v) is 4.71. The molecule has 112 valence electrons. The fourth-order valence-corrected chi connectivity index (χ4v) is 2.14. The summed E-state index contributed by atoms with van der Waals surface area (Å²) in [4.78, 5) is 36.4. The molecule has 0 unspecified atom stereocenters. The third-order valence-electron chi connectivity index (χ3n) is 3.30. The Bertz CT molecular complexity index is 581. The number of anilines is 1. The molecule has 1 aliphatic rings. The molecule has 21 heavy (non-hydrogen) atoms. The van der Waals surface area contributed by atoms with Crippen LogP contribution in [0.5, 0.6) is 5.75 Å². The molecule has 6 heteroatoms. The standard InChI is InChI=1S/C15H17NO5/c1-10(17)11-3-4-13-12(9-11)16(7-8-21-13)14(18)5-6-15(19)20-2/h3-4,9H,5-8H2,1-2H3. The van der Waals surface area contributed by atoms with E-state index in [1.54, 1.807) is 23.1 Å². The third-order valence-corrected chi connectivity index (χ3v) is 3.30. The molecule has 1 aromatic carbocycles. The van der Waals surface area contributed by atoms with E-state index in [9.17, 15) is 14.4 Å². The minimum atomic E-state index is -0.422. The van der Waals surface area contributed by atoms with Crippen LogP contribution in [0.1, 0.15) is 30.1 Å². The summed E-state index contributed by atoms with van der Waals surface area (Å²) in [5.74, 6) is -0.122. The van der Waals surface area contributed by atoms with Gasteiger partial charge in [0.2, 0.25) is 5.91 Å². The van der Waals surface area contributed by atoms with Crippen molar-refractivity contribution in [3.05, 3.63) is 23.8 Å². The van der Waals surface area contributed by atoms with Crippen LogP contribution in [-0.2, 0) is 14.3 Å². The summed E-state index contributed by atoms with van der Waals surface area (Å²) >= 11 is 0. The number of benzene rings is 1. The summed E-state index contributed by atoms with van der Waals surface area (Å²) in [6.07, 6.45) is 0.102. The van der Waals surface area contributed by atoms with E-state index in [4.69, 9.17) is 4.74 Å². The zero-order valence-corrected chi connectivity index (χ0v) is 12.0. The highest BCUT2D eigenvalue weighted by atomic mass is 16.5. The lowest BCUT2D eigenvalue weighted by Crippen LogP contribution is -2.38. The highest BCUT2D eigenvalue weighted by molar-refractivity contribution is 6.00. The van der Waals surface area contributed by atoms with Gasteiger partial charge in [-0.25, -0.2) is 0 Å². The van der Waals surface area contributed by atoms with E-state index >= 15 is 0 Å². The van der Waals surface area contributed by atoms with Gasteiger partial charge in [0.15, 0.2) is 5.78 Å². The Morgan fingerprint density at radius 2 is 2.05 bits per heavy atom. The summed E-state index contributed by atoms with van der Waals surface area (Å²) in [7, 11) is 1.29. The number of nitrogens with zero attached hydrogens (tertiary/aromatic N) is 1. The maximum atomic E-state index is 12.2. The van der Waals surface area contributed by atoms with Crippen LogP contribution in [0.25, 0.3) is 0 Å². The van der Waals surface area contributed by atoms with Crippen molar-refractivity contribution in [3.8, 4) is 5.75 Å². The zero-order valence-electron chi connectivity index (χ0n) is 12.0. The molecule has 0 bridgehead atoms. The summed E-state index contributed by atoms with van der Waals surface area (Å²) in [5.41, 5.74) is 1.09. The molecule has 1 aliphatic heterocycles. The molecule has 0 spiro atoms. The SMILES string of the molecule is COC(=O)CCC(=O)N1CCOc2ccc(C(C)=O)cc21. The van der Waals surface area contributed by atoms with Gasteiger partial charge in [-0.1, -0.05) is 0 Å². The number of ether oxygens (including phenoxy) is 2. The largest absolute Gasteiger partial charge is 0.490 e. The van der Waals surface area contributed by atoms with Gasteiger partial charge in [-0.05, 0) is 25.1 Å². The van der Waals surface area contributed by atoms with Crippen LogP contribution in [0.15, 0.2) is 18.2 Å². The fraction of sp³-hybridized carbons (Fsp3) is 0.400. The van der Waals surface area contributed by atoms with Crippen LogP contribution in [-0.4, -0.2) is 37.9 Å². The Labute approximate surface area is 122 Å². The van der Waals surface area contributed by atoms with Crippen LogP contribution in [0.3, 0.4) is 0 Å². The van der Waals surface area contributed by atoms with Crippen molar-refractivity contribution < 1.29 is 23.9 Å². The van der Waals surface area contributed by atoms with Crippen molar-refractivity contribution in [2.24, 2.45) is 0 Å². The molecule has 2 rings (SSSR count). The average Bonchev–Trinajstić information content (AvgIpc) is 2.50. The first-order valence-corrected chi connectivity index (χ1v) is 6.68. The lowest BCUT2D eigenvalue weighted by molar-refractivity contribution is -0.141. The van der Waals surface area contributed by atoms with Gasteiger partial charge >= 0.3 is 5.97 Å². The second kappa shape index (κ2) is 6.39. The quantitative estimate of drug-likeness (QED) is 0.622. The van der Waals surface area contributed by atoms with Crippen LogP contribution in [0.2, 0.25) is 0 Å². The number of ketones is 1. The maximum Gasteiger partial charge on any atom is 0.306 e. The number of Topliss-reactive ketones (excluding diaryl/α,β-unsaturated/α-hetero) is 1. The highest BCUT2D eigenvalue weighted by Crippen LogP contribution is 2.33. The first kappa shape index (κ1) is 15.0. The van der Waals surface area contributed by atoms with Crippen LogP contribution >= 0.6 is 0 Å². The predicted molar refractivity (Wildman–Crippen MR) is 75.5 cm³/mol. The normalized spacial score (nSPS) is 13.1. The van der Waals surface area contributed by atoms with Crippen LogP contribution in [0.4, 0.5) is 5.69 Å². The molecule has 0 aliphatic carbocycles. The number of fused-ring (bicyclic) bond motifs is 1. The van der Waals surface area contributed by atoms with Gasteiger partial charge in [0.25, 0.3) is 0 Å². The minimum Gasteiger partial charge on any atom is -0.490 e. The van der Waals surface area contributed by atoms with Gasteiger partial charge in [0, 0.05) is 12.0 Å². The maximum absolute atomic E-state index is 12.2. The summed E-state index contributed by atoms with van der Waals surface area (Å²) in [6, 6.07) is 5.00. The molecule has 0 saturated heterocycles. The van der Waals surface area contributed by atoms with E-state index in [0.29, 0.717) is 30.2 Å². The molecule has 1 heterocycles. The van der Waals surface area contributed by atoms with Crippen LogP contribution in [0, 0.1) is 0 Å². The molecule has 0 radical (unpaired) electrons. The van der Waals surface area contributed by atoms with Gasteiger partial charge in [0.05, 0.1) is 25.8 Å². The number of methoxy groups -OCH3 is 1. The number of amides is 1. The van der Waals surface area contributed by atoms with Crippen molar-refractivity contribution in [2.75, 3.05) is 25.2 Å². The van der Waals surface area contributed by atoms with Gasteiger partial charge in [-0.15, -0.1) is 0 Å². The molecule has 1 amide bonds. The van der Waals surface area contributed by atoms with Crippen LogP contribution < -0.4 is 9.64 Å².